The zero-order valence-corrected chi connectivity index (χ0v) is 11.0. The summed E-state index contributed by atoms with van der Waals surface area (Å²) in [6.45, 7) is 7.36. The van der Waals surface area contributed by atoms with Crippen LogP contribution in [-0.2, 0) is 9.53 Å². The zero-order valence-electron chi connectivity index (χ0n) is 8.59. The molecule has 88 valence electrons. The molecule has 1 heterocycles. The summed E-state index contributed by atoms with van der Waals surface area (Å²) in [4.78, 5) is 11.6. The van der Waals surface area contributed by atoms with Gasteiger partial charge in [-0.15, -0.1) is 12.4 Å². The standard InChI is InChI=1S/C9H15BrN2O2.ClH/c1-6(10)5-12-9(13)8-7(2)14-4-3-11-8;/h7-8,11H,1,3-5H2,2H3,(H,12,13);1H/t7-,8+;/m1./s1. The summed E-state index contributed by atoms with van der Waals surface area (Å²) in [7, 11) is 0. The Hall–Kier alpha value is -0.100. The zero-order chi connectivity index (χ0) is 10.6. The third kappa shape index (κ3) is 4.97. The van der Waals surface area contributed by atoms with Gasteiger partial charge in [0.05, 0.1) is 12.7 Å². The average molecular weight is 300 g/mol. The third-order valence-corrected chi connectivity index (χ3v) is 2.33. The average Bonchev–Trinajstić information content (AvgIpc) is 2.15. The van der Waals surface area contributed by atoms with E-state index in [2.05, 4.69) is 33.1 Å². The van der Waals surface area contributed by atoms with Gasteiger partial charge in [0.15, 0.2) is 0 Å². The van der Waals surface area contributed by atoms with Crippen molar-refractivity contribution in [2.24, 2.45) is 0 Å². The topological polar surface area (TPSA) is 50.4 Å². The highest BCUT2D eigenvalue weighted by Crippen LogP contribution is 2.04. The summed E-state index contributed by atoms with van der Waals surface area (Å²) in [5.41, 5.74) is 0. The molecule has 0 unspecified atom stereocenters. The van der Waals surface area contributed by atoms with Crippen molar-refractivity contribution in [1.29, 1.82) is 0 Å². The van der Waals surface area contributed by atoms with Crippen molar-refractivity contribution >= 4 is 34.2 Å². The molecule has 15 heavy (non-hydrogen) atoms. The van der Waals surface area contributed by atoms with Crippen LogP contribution in [0.5, 0.6) is 0 Å². The number of hydrogen-bond donors (Lipinski definition) is 2. The van der Waals surface area contributed by atoms with Gasteiger partial charge in [0.2, 0.25) is 5.91 Å². The van der Waals surface area contributed by atoms with Crippen molar-refractivity contribution in [2.45, 2.75) is 19.1 Å². The largest absolute Gasteiger partial charge is 0.375 e. The number of amides is 1. The van der Waals surface area contributed by atoms with Gasteiger partial charge in [0, 0.05) is 17.6 Å². The van der Waals surface area contributed by atoms with Crippen LogP contribution in [0.15, 0.2) is 11.1 Å². The smallest absolute Gasteiger partial charge is 0.240 e. The Balaban J connectivity index is 0.00000196. The minimum atomic E-state index is -0.254. The first-order valence-electron chi connectivity index (χ1n) is 4.57. The number of carbonyl (C=O) groups excluding carboxylic acids is 1. The lowest BCUT2D eigenvalue weighted by atomic mass is 10.1. The van der Waals surface area contributed by atoms with E-state index in [1.165, 1.54) is 0 Å². The van der Waals surface area contributed by atoms with Crippen molar-refractivity contribution in [2.75, 3.05) is 19.7 Å². The number of morpholine rings is 1. The normalized spacial score (nSPS) is 25.2. The fourth-order valence-corrected chi connectivity index (χ4v) is 1.46. The van der Waals surface area contributed by atoms with Crippen LogP contribution in [-0.4, -0.2) is 37.7 Å². The summed E-state index contributed by atoms with van der Waals surface area (Å²) < 4.78 is 6.12. The van der Waals surface area contributed by atoms with Gasteiger partial charge in [-0.2, -0.15) is 0 Å². The van der Waals surface area contributed by atoms with Crippen LogP contribution in [0.2, 0.25) is 0 Å². The summed E-state index contributed by atoms with van der Waals surface area (Å²) in [5, 5.41) is 5.86. The first-order chi connectivity index (χ1) is 6.61. The highest BCUT2D eigenvalue weighted by Gasteiger charge is 2.27. The minimum absolute atomic E-state index is 0. The number of hydrogen-bond acceptors (Lipinski definition) is 3. The van der Waals surface area contributed by atoms with E-state index >= 15 is 0 Å². The highest BCUT2D eigenvalue weighted by molar-refractivity contribution is 9.11. The maximum absolute atomic E-state index is 11.6. The van der Waals surface area contributed by atoms with Crippen LogP contribution < -0.4 is 10.6 Å². The van der Waals surface area contributed by atoms with Gasteiger partial charge in [-0.3, -0.25) is 4.79 Å². The molecule has 0 radical (unpaired) electrons. The first-order valence-corrected chi connectivity index (χ1v) is 5.36. The van der Waals surface area contributed by atoms with Gasteiger partial charge in [0.25, 0.3) is 0 Å². The predicted molar refractivity (Wildman–Crippen MR) is 65.5 cm³/mol. The van der Waals surface area contributed by atoms with E-state index in [0.717, 1.165) is 11.0 Å². The van der Waals surface area contributed by atoms with Crippen LogP contribution >= 0.6 is 28.3 Å². The fourth-order valence-electron chi connectivity index (χ4n) is 1.32. The molecule has 1 amide bonds. The van der Waals surface area contributed by atoms with Gasteiger partial charge < -0.3 is 15.4 Å². The monoisotopic (exact) mass is 298 g/mol. The summed E-state index contributed by atoms with van der Waals surface area (Å²) in [6, 6.07) is -0.254. The number of ether oxygens (including phenoxy) is 1. The number of halogens is 2. The Morgan fingerprint density at radius 1 is 1.73 bits per heavy atom. The van der Waals surface area contributed by atoms with Crippen molar-refractivity contribution in [1.82, 2.24) is 10.6 Å². The Morgan fingerprint density at radius 2 is 2.40 bits per heavy atom. The number of carbonyl (C=O) groups is 1. The van der Waals surface area contributed by atoms with E-state index in [9.17, 15) is 4.79 Å². The third-order valence-electron chi connectivity index (χ3n) is 2.05. The Labute approximate surface area is 104 Å². The van der Waals surface area contributed by atoms with E-state index in [1.54, 1.807) is 0 Å². The SMILES string of the molecule is C=C(Br)CNC(=O)[C@H]1NCCO[C@@H]1C.Cl. The van der Waals surface area contributed by atoms with Crippen LogP contribution in [0.25, 0.3) is 0 Å². The second kappa shape index (κ2) is 7.22. The van der Waals surface area contributed by atoms with Crippen molar-refractivity contribution in [3.05, 3.63) is 11.1 Å². The van der Waals surface area contributed by atoms with Gasteiger partial charge in [0.1, 0.15) is 6.04 Å². The molecule has 2 N–H and O–H groups in total. The Kier molecular flexibility index (Phi) is 7.17. The first kappa shape index (κ1) is 14.9. The molecule has 0 aliphatic carbocycles. The molecule has 4 nitrogen and oxygen atoms in total. The maximum Gasteiger partial charge on any atom is 0.240 e. The quantitative estimate of drug-likeness (QED) is 0.811. The second-order valence-corrected chi connectivity index (χ2v) is 4.36. The molecular formula is C9H16BrClN2O2. The summed E-state index contributed by atoms with van der Waals surface area (Å²) in [5.74, 6) is -0.0437. The van der Waals surface area contributed by atoms with Crippen LogP contribution in [0, 0.1) is 0 Å². The molecular weight excluding hydrogens is 283 g/mol. The lowest BCUT2D eigenvalue weighted by Crippen LogP contribution is -2.55. The van der Waals surface area contributed by atoms with Gasteiger partial charge >= 0.3 is 0 Å². The molecule has 2 atom stereocenters. The van der Waals surface area contributed by atoms with E-state index < -0.39 is 0 Å². The van der Waals surface area contributed by atoms with Crippen molar-refractivity contribution < 1.29 is 9.53 Å². The molecule has 1 fully saturated rings. The minimum Gasteiger partial charge on any atom is -0.375 e. The van der Waals surface area contributed by atoms with Gasteiger partial charge in [-0.05, 0) is 6.92 Å². The molecule has 0 spiro atoms. The van der Waals surface area contributed by atoms with Crippen LogP contribution in [0.3, 0.4) is 0 Å². The van der Waals surface area contributed by atoms with Crippen LogP contribution in [0.1, 0.15) is 6.92 Å². The highest BCUT2D eigenvalue weighted by atomic mass is 79.9. The lowest BCUT2D eigenvalue weighted by Gasteiger charge is -2.29. The summed E-state index contributed by atoms with van der Waals surface area (Å²) >= 11 is 3.18. The molecule has 1 saturated heterocycles. The van der Waals surface area contributed by atoms with Crippen molar-refractivity contribution in [3.8, 4) is 0 Å². The number of nitrogens with one attached hydrogen (secondary N) is 2. The molecule has 1 rings (SSSR count). The molecule has 0 aromatic rings. The molecule has 1 aliphatic heterocycles. The van der Waals surface area contributed by atoms with E-state index in [0.29, 0.717) is 13.2 Å². The molecule has 0 aromatic heterocycles. The fraction of sp³-hybridized carbons (Fsp3) is 0.667. The van der Waals surface area contributed by atoms with Gasteiger partial charge in [-0.1, -0.05) is 22.5 Å². The Bertz CT molecular complexity index is 238. The Morgan fingerprint density at radius 3 is 2.93 bits per heavy atom. The van der Waals surface area contributed by atoms with Crippen molar-refractivity contribution in [3.63, 3.8) is 0 Å². The molecule has 0 saturated carbocycles. The molecule has 6 heteroatoms. The maximum atomic E-state index is 11.6. The summed E-state index contributed by atoms with van der Waals surface area (Å²) in [6.07, 6.45) is -0.0765. The molecule has 0 aromatic carbocycles. The number of rotatable bonds is 3. The van der Waals surface area contributed by atoms with Gasteiger partial charge in [-0.25, -0.2) is 0 Å². The van der Waals surface area contributed by atoms with Crippen LogP contribution in [0.4, 0.5) is 0 Å². The van der Waals surface area contributed by atoms with E-state index in [4.69, 9.17) is 4.74 Å². The molecule has 1 aliphatic rings. The van der Waals surface area contributed by atoms with E-state index in [-0.39, 0.29) is 30.5 Å². The lowest BCUT2D eigenvalue weighted by molar-refractivity contribution is -0.128. The predicted octanol–water partition coefficient (Wildman–Crippen LogP) is 0.810. The van der Waals surface area contributed by atoms with E-state index in [1.807, 2.05) is 6.92 Å². The second-order valence-electron chi connectivity index (χ2n) is 3.24. The molecule has 0 bridgehead atoms.